The van der Waals surface area contributed by atoms with Gasteiger partial charge in [-0.05, 0) is 23.8 Å². The number of nitrogens with one attached hydrogen (secondary N) is 1. The van der Waals surface area contributed by atoms with Gasteiger partial charge in [0.25, 0.3) is 0 Å². The molecule has 4 aromatic rings. The van der Waals surface area contributed by atoms with Crippen molar-refractivity contribution >= 4 is 21.8 Å². The zero-order valence-corrected chi connectivity index (χ0v) is 11.4. The van der Waals surface area contributed by atoms with E-state index >= 15 is 0 Å². The molecule has 4 rings (SSSR count). The first-order chi connectivity index (χ1) is 10.4. The summed E-state index contributed by atoms with van der Waals surface area (Å²) >= 11 is 0. The van der Waals surface area contributed by atoms with E-state index in [0.29, 0.717) is 0 Å². The number of fused-ring (bicyclic) bond motifs is 3. The highest BCUT2D eigenvalue weighted by atomic mass is 14.7. The van der Waals surface area contributed by atoms with Gasteiger partial charge in [0.05, 0.1) is 5.52 Å². The summed E-state index contributed by atoms with van der Waals surface area (Å²) in [6.07, 6.45) is 5.51. The quantitative estimate of drug-likeness (QED) is 0.469. The third-order valence-corrected chi connectivity index (χ3v) is 3.88. The first kappa shape index (κ1) is 11.8. The van der Waals surface area contributed by atoms with Gasteiger partial charge in [0.1, 0.15) is 0 Å². The molecule has 0 fully saturated rings. The van der Waals surface area contributed by atoms with E-state index in [0.717, 1.165) is 22.2 Å². The molecule has 0 radical (unpaired) electrons. The minimum Gasteiger partial charge on any atom is -0.354 e. The van der Waals surface area contributed by atoms with Gasteiger partial charge in [-0.15, -0.1) is 6.42 Å². The molecule has 1 nitrogen and oxygen atoms in total. The molecule has 0 unspecified atom stereocenters. The Balaban J connectivity index is 2.07. The first-order valence-corrected chi connectivity index (χ1v) is 6.93. The summed E-state index contributed by atoms with van der Waals surface area (Å²) in [7, 11) is 0. The van der Waals surface area contributed by atoms with Gasteiger partial charge in [-0.1, -0.05) is 54.5 Å². The molecule has 0 aliphatic carbocycles. The van der Waals surface area contributed by atoms with Crippen molar-refractivity contribution in [3.05, 3.63) is 72.3 Å². The Hall–Kier alpha value is -2.98. The van der Waals surface area contributed by atoms with Gasteiger partial charge < -0.3 is 4.98 Å². The molecule has 98 valence electrons. The molecule has 0 aliphatic heterocycles. The smallest absolute Gasteiger partial charge is 0.0544 e. The second kappa shape index (κ2) is 4.54. The highest BCUT2D eigenvalue weighted by Crippen LogP contribution is 2.33. The Morgan fingerprint density at radius 2 is 1.62 bits per heavy atom. The van der Waals surface area contributed by atoms with Crippen molar-refractivity contribution in [2.75, 3.05) is 0 Å². The van der Waals surface area contributed by atoms with Crippen molar-refractivity contribution in [1.82, 2.24) is 4.98 Å². The van der Waals surface area contributed by atoms with Crippen LogP contribution in [-0.2, 0) is 0 Å². The van der Waals surface area contributed by atoms with Crippen LogP contribution in [0.3, 0.4) is 0 Å². The van der Waals surface area contributed by atoms with E-state index in [4.69, 9.17) is 6.42 Å². The maximum atomic E-state index is 5.51. The highest BCUT2D eigenvalue weighted by Gasteiger charge is 2.09. The molecule has 0 saturated heterocycles. The van der Waals surface area contributed by atoms with Crippen LogP contribution < -0.4 is 0 Å². The fourth-order valence-electron chi connectivity index (χ4n) is 2.89. The summed E-state index contributed by atoms with van der Waals surface area (Å²) in [5, 5.41) is 2.50. The average Bonchev–Trinajstić information content (AvgIpc) is 2.93. The Kier molecular flexibility index (Phi) is 2.55. The van der Waals surface area contributed by atoms with E-state index in [1.807, 2.05) is 12.1 Å². The van der Waals surface area contributed by atoms with Crippen LogP contribution in [0.5, 0.6) is 0 Å². The predicted molar refractivity (Wildman–Crippen MR) is 89.2 cm³/mol. The van der Waals surface area contributed by atoms with E-state index in [9.17, 15) is 0 Å². The van der Waals surface area contributed by atoms with E-state index < -0.39 is 0 Å². The second-order valence-corrected chi connectivity index (χ2v) is 5.12. The van der Waals surface area contributed by atoms with Crippen molar-refractivity contribution < 1.29 is 0 Å². The number of hydrogen-bond donors (Lipinski definition) is 1. The second-order valence-electron chi connectivity index (χ2n) is 5.12. The molecule has 0 bridgehead atoms. The van der Waals surface area contributed by atoms with Crippen LogP contribution in [0.25, 0.3) is 32.9 Å². The van der Waals surface area contributed by atoms with Crippen LogP contribution in [-0.4, -0.2) is 4.98 Å². The molecule has 0 amide bonds. The van der Waals surface area contributed by atoms with Crippen LogP contribution in [0, 0.1) is 12.3 Å². The lowest BCUT2D eigenvalue weighted by atomic mass is 10.0. The Morgan fingerprint density at radius 1 is 0.810 bits per heavy atom. The Labute approximate surface area is 123 Å². The number of para-hydroxylation sites is 2. The topological polar surface area (TPSA) is 15.8 Å². The molecule has 0 saturated carbocycles. The molecule has 0 spiro atoms. The third kappa shape index (κ3) is 1.81. The zero-order valence-electron chi connectivity index (χ0n) is 11.4. The molecule has 21 heavy (non-hydrogen) atoms. The maximum Gasteiger partial charge on any atom is 0.0544 e. The van der Waals surface area contributed by atoms with Crippen molar-refractivity contribution in [1.29, 1.82) is 0 Å². The number of aromatic nitrogens is 1. The largest absolute Gasteiger partial charge is 0.354 e. The standard InChI is InChI=1S/C20H13N/c1-2-14-7-5-8-15(13-14)16-10-6-11-18-17-9-3-4-12-19(17)21-20(16)18/h1,3-13,21H. The van der Waals surface area contributed by atoms with Gasteiger partial charge in [-0.2, -0.15) is 0 Å². The molecule has 1 heteroatoms. The fourth-order valence-corrected chi connectivity index (χ4v) is 2.89. The highest BCUT2D eigenvalue weighted by molar-refractivity contribution is 6.11. The molecule has 0 aliphatic rings. The van der Waals surface area contributed by atoms with Crippen molar-refractivity contribution in [2.45, 2.75) is 0 Å². The predicted octanol–water partition coefficient (Wildman–Crippen LogP) is 4.97. The number of benzene rings is 3. The number of terminal acetylenes is 1. The summed E-state index contributed by atoms with van der Waals surface area (Å²) in [4.78, 5) is 3.53. The summed E-state index contributed by atoms with van der Waals surface area (Å²) in [6.45, 7) is 0. The fraction of sp³-hybridized carbons (Fsp3) is 0. The van der Waals surface area contributed by atoms with Crippen LogP contribution in [0.1, 0.15) is 5.56 Å². The van der Waals surface area contributed by atoms with Gasteiger partial charge >= 0.3 is 0 Å². The molecule has 1 N–H and O–H groups in total. The summed E-state index contributed by atoms with van der Waals surface area (Å²) < 4.78 is 0. The van der Waals surface area contributed by atoms with E-state index in [1.165, 1.54) is 16.3 Å². The van der Waals surface area contributed by atoms with Gasteiger partial charge in [-0.25, -0.2) is 0 Å². The van der Waals surface area contributed by atoms with Crippen LogP contribution >= 0.6 is 0 Å². The molecular weight excluding hydrogens is 254 g/mol. The van der Waals surface area contributed by atoms with Crippen molar-refractivity contribution in [3.8, 4) is 23.5 Å². The normalized spacial score (nSPS) is 10.8. The average molecular weight is 267 g/mol. The number of H-pyrrole nitrogens is 1. The molecule has 0 atom stereocenters. The minimum atomic E-state index is 0.903. The van der Waals surface area contributed by atoms with Crippen LogP contribution in [0.15, 0.2) is 66.7 Å². The van der Waals surface area contributed by atoms with Crippen LogP contribution in [0.4, 0.5) is 0 Å². The van der Waals surface area contributed by atoms with E-state index in [1.54, 1.807) is 0 Å². The lowest BCUT2D eigenvalue weighted by Crippen LogP contribution is -1.82. The maximum absolute atomic E-state index is 5.51. The molecule has 1 heterocycles. The molecule has 3 aromatic carbocycles. The Morgan fingerprint density at radius 3 is 2.52 bits per heavy atom. The van der Waals surface area contributed by atoms with Gasteiger partial charge in [0.15, 0.2) is 0 Å². The summed E-state index contributed by atoms with van der Waals surface area (Å²) in [6, 6.07) is 22.9. The lowest BCUT2D eigenvalue weighted by Gasteiger charge is -2.04. The van der Waals surface area contributed by atoms with Gasteiger partial charge in [-0.3, -0.25) is 0 Å². The summed E-state index contributed by atoms with van der Waals surface area (Å²) in [5.41, 5.74) is 5.55. The monoisotopic (exact) mass is 267 g/mol. The van der Waals surface area contributed by atoms with Crippen LogP contribution in [0.2, 0.25) is 0 Å². The third-order valence-electron chi connectivity index (χ3n) is 3.88. The lowest BCUT2D eigenvalue weighted by molar-refractivity contribution is 1.53. The Bertz CT molecular complexity index is 999. The van der Waals surface area contributed by atoms with Gasteiger partial charge in [0.2, 0.25) is 0 Å². The summed E-state index contributed by atoms with van der Waals surface area (Å²) in [5.74, 6) is 2.70. The van der Waals surface area contributed by atoms with E-state index in [-0.39, 0.29) is 0 Å². The van der Waals surface area contributed by atoms with Crippen molar-refractivity contribution in [3.63, 3.8) is 0 Å². The number of aromatic amines is 1. The molecule has 1 aromatic heterocycles. The van der Waals surface area contributed by atoms with Crippen molar-refractivity contribution in [2.24, 2.45) is 0 Å². The number of hydrogen-bond acceptors (Lipinski definition) is 0. The van der Waals surface area contributed by atoms with Gasteiger partial charge in [0, 0.05) is 27.4 Å². The first-order valence-electron chi connectivity index (χ1n) is 6.93. The van der Waals surface area contributed by atoms with E-state index in [2.05, 4.69) is 65.5 Å². The number of rotatable bonds is 1. The minimum absolute atomic E-state index is 0.903. The molecular formula is C20H13N. The zero-order chi connectivity index (χ0) is 14.2. The SMILES string of the molecule is C#Cc1cccc(-c2cccc3c2[nH]c2ccccc23)c1.